The number of aryl methyl sites for hydroxylation is 1. The molecule has 0 aliphatic carbocycles. The number of rotatable bonds is 3. The molecule has 0 radical (unpaired) electrons. The van der Waals surface area contributed by atoms with Crippen LogP contribution in [0.15, 0.2) is 12.3 Å². The largest absolute Gasteiger partial charge is 0.346 e. The highest BCUT2D eigenvalue weighted by Crippen LogP contribution is 2.32. The van der Waals surface area contributed by atoms with Crippen molar-refractivity contribution in [3.8, 4) is 0 Å². The predicted molar refractivity (Wildman–Crippen MR) is 81.2 cm³/mol. The van der Waals surface area contributed by atoms with E-state index in [0.29, 0.717) is 5.92 Å². The number of anilines is 1. The fourth-order valence-corrected chi connectivity index (χ4v) is 2.79. The van der Waals surface area contributed by atoms with Crippen molar-refractivity contribution in [1.82, 2.24) is 25.1 Å². The predicted octanol–water partition coefficient (Wildman–Crippen LogP) is 2.76. The van der Waals surface area contributed by atoms with E-state index in [1.54, 1.807) is 0 Å². The number of nitrogens with one attached hydrogen (secondary N) is 1. The molecule has 112 valence electrons. The Morgan fingerprint density at radius 1 is 1.29 bits per heavy atom. The molecule has 1 aliphatic heterocycles. The number of aromatic amines is 1. The van der Waals surface area contributed by atoms with Crippen LogP contribution in [-0.4, -0.2) is 31.7 Å². The highest BCUT2D eigenvalue weighted by Gasteiger charge is 2.28. The lowest BCUT2D eigenvalue weighted by Crippen LogP contribution is -2.34. The van der Waals surface area contributed by atoms with Gasteiger partial charge in [0.05, 0.1) is 6.04 Å². The van der Waals surface area contributed by atoms with Crippen molar-refractivity contribution in [2.24, 2.45) is 0 Å². The average molecular weight is 286 g/mol. The van der Waals surface area contributed by atoms with Gasteiger partial charge in [0, 0.05) is 18.7 Å². The Morgan fingerprint density at radius 3 is 2.86 bits per heavy atom. The molecule has 3 rings (SSSR count). The topological polar surface area (TPSA) is 70.6 Å². The van der Waals surface area contributed by atoms with Crippen LogP contribution >= 0.6 is 0 Å². The third kappa shape index (κ3) is 2.89. The van der Waals surface area contributed by atoms with Crippen molar-refractivity contribution < 1.29 is 0 Å². The van der Waals surface area contributed by atoms with Gasteiger partial charge < -0.3 is 4.90 Å². The van der Waals surface area contributed by atoms with Crippen molar-refractivity contribution in [2.75, 3.05) is 11.4 Å². The van der Waals surface area contributed by atoms with E-state index in [1.165, 1.54) is 12.8 Å². The summed E-state index contributed by atoms with van der Waals surface area (Å²) in [6.45, 7) is 7.14. The molecule has 1 saturated heterocycles. The Kier molecular flexibility index (Phi) is 3.86. The summed E-state index contributed by atoms with van der Waals surface area (Å²) in [4.78, 5) is 15.8. The van der Waals surface area contributed by atoms with Gasteiger partial charge in [-0.05, 0) is 32.3 Å². The fourth-order valence-electron chi connectivity index (χ4n) is 2.79. The van der Waals surface area contributed by atoms with Crippen LogP contribution in [0.2, 0.25) is 0 Å². The van der Waals surface area contributed by atoms with Crippen LogP contribution in [0, 0.1) is 6.92 Å². The minimum Gasteiger partial charge on any atom is -0.346 e. The summed E-state index contributed by atoms with van der Waals surface area (Å²) in [6, 6.07) is 2.21. The van der Waals surface area contributed by atoms with Gasteiger partial charge in [-0.15, -0.1) is 0 Å². The first kappa shape index (κ1) is 14.0. The lowest BCUT2D eigenvalue weighted by molar-refractivity contribution is 0.453. The zero-order chi connectivity index (χ0) is 14.8. The number of aromatic nitrogens is 5. The molecule has 0 saturated carbocycles. The third-order valence-corrected chi connectivity index (χ3v) is 3.91. The quantitative estimate of drug-likeness (QED) is 0.939. The van der Waals surface area contributed by atoms with E-state index in [-0.39, 0.29) is 6.04 Å². The molecule has 0 aromatic carbocycles. The molecule has 0 unspecified atom stereocenters. The van der Waals surface area contributed by atoms with Gasteiger partial charge in [0.25, 0.3) is 0 Å². The van der Waals surface area contributed by atoms with Crippen molar-refractivity contribution >= 4 is 5.82 Å². The van der Waals surface area contributed by atoms with Crippen LogP contribution in [0.25, 0.3) is 0 Å². The van der Waals surface area contributed by atoms with Gasteiger partial charge in [-0.2, -0.15) is 5.10 Å². The summed E-state index contributed by atoms with van der Waals surface area (Å²) < 4.78 is 0. The van der Waals surface area contributed by atoms with E-state index < -0.39 is 0 Å². The van der Waals surface area contributed by atoms with E-state index in [4.69, 9.17) is 0 Å². The number of hydrogen-bond acceptors (Lipinski definition) is 5. The smallest absolute Gasteiger partial charge is 0.153 e. The van der Waals surface area contributed by atoms with Crippen molar-refractivity contribution in [1.29, 1.82) is 0 Å². The molecule has 3 heterocycles. The zero-order valence-corrected chi connectivity index (χ0v) is 12.9. The van der Waals surface area contributed by atoms with Crippen LogP contribution in [0.4, 0.5) is 5.82 Å². The number of hydrogen-bond donors (Lipinski definition) is 1. The van der Waals surface area contributed by atoms with Gasteiger partial charge >= 0.3 is 0 Å². The summed E-state index contributed by atoms with van der Waals surface area (Å²) >= 11 is 0. The molecule has 1 aliphatic rings. The summed E-state index contributed by atoms with van der Waals surface area (Å²) in [7, 11) is 0. The van der Waals surface area contributed by atoms with E-state index in [2.05, 4.69) is 43.9 Å². The standard InChI is InChI=1S/C15H22N6/c1-10(2)14-18-15(20-19-14)12-6-4-5-9-21(12)13-7-8-16-11(3)17-13/h7-8,10,12H,4-6,9H2,1-3H3,(H,18,19,20)/t12-/m0/s1. The van der Waals surface area contributed by atoms with Crippen molar-refractivity contribution in [2.45, 2.75) is 52.0 Å². The minimum atomic E-state index is 0.230. The van der Waals surface area contributed by atoms with E-state index in [1.807, 2.05) is 19.2 Å². The molecule has 2 aromatic rings. The number of piperidine rings is 1. The van der Waals surface area contributed by atoms with Gasteiger partial charge in [-0.3, -0.25) is 5.10 Å². The maximum Gasteiger partial charge on any atom is 0.153 e. The normalized spacial score (nSPS) is 19.2. The molecule has 1 fully saturated rings. The summed E-state index contributed by atoms with van der Waals surface area (Å²) in [5.74, 6) is 3.96. The molecule has 1 N–H and O–H groups in total. The maximum absolute atomic E-state index is 4.68. The molecular weight excluding hydrogens is 264 g/mol. The Labute approximate surface area is 125 Å². The Hall–Kier alpha value is -1.98. The Morgan fingerprint density at radius 2 is 2.14 bits per heavy atom. The first-order valence-corrected chi connectivity index (χ1v) is 7.63. The molecule has 2 aromatic heterocycles. The summed E-state index contributed by atoms with van der Waals surface area (Å²) in [5, 5.41) is 7.47. The van der Waals surface area contributed by atoms with E-state index in [9.17, 15) is 0 Å². The first-order valence-electron chi connectivity index (χ1n) is 7.63. The fraction of sp³-hybridized carbons (Fsp3) is 0.600. The first-order chi connectivity index (χ1) is 10.1. The number of nitrogens with zero attached hydrogens (tertiary/aromatic N) is 5. The second-order valence-electron chi connectivity index (χ2n) is 5.90. The lowest BCUT2D eigenvalue weighted by atomic mass is 10.0. The van der Waals surface area contributed by atoms with Gasteiger partial charge in [-0.25, -0.2) is 15.0 Å². The summed E-state index contributed by atoms with van der Waals surface area (Å²) in [6.07, 6.45) is 5.30. The molecule has 0 bridgehead atoms. The van der Waals surface area contributed by atoms with Gasteiger partial charge in [0.1, 0.15) is 17.5 Å². The van der Waals surface area contributed by atoms with Crippen LogP contribution in [0.3, 0.4) is 0 Å². The Balaban J connectivity index is 1.90. The molecule has 0 spiro atoms. The van der Waals surface area contributed by atoms with Gasteiger partial charge in [0.2, 0.25) is 0 Å². The maximum atomic E-state index is 4.68. The van der Waals surface area contributed by atoms with E-state index in [0.717, 1.165) is 36.3 Å². The van der Waals surface area contributed by atoms with Gasteiger partial charge in [-0.1, -0.05) is 13.8 Å². The third-order valence-electron chi connectivity index (χ3n) is 3.91. The highest BCUT2D eigenvalue weighted by atomic mass is 15.3. The lowest BCUT2D eigenvalue weighted by Gasteiger charge is -2.35. The SMILES string of the molecule is Cc1nccc(N2CCCC[C@H]2c2nc(C(C)C)n[nH]2)n1. The highest BCUT2D eigenvalue weighted by molar-refractivity contribution is 5.40. The monoisotopic (exact) mass is 286 g/mol. The summed E-state index contributed by atoms with van der Waals surface area (Å²) in [5.41, 5.74) is 0. The minimum absolute atomic E-state index is 0.230. The Bertz CT molecular complexity index is 606. The second-order valence-corrected chi connectivity index (χ2v) is 5.90. The van der Waals surface area contributed by atoms with Crippen LogP contribution < -0.4 is 4.90 Å². The van der Waals surface area contributed by atoms with Gasteiger partial charge in [0.15, 0.2) is 5.82 Å². The molecule has 6 heteroatoms. The molecular formula is C15H22N6. The molecule has 1 atom stereocenters. The molecule has 0 amide bonds. The second kappa shape index (κ2) is 5.79. The molecule has 6 nitrogen and oxygen atoms in total. The van der Waals surface area contributed by atoms with Crippen LogP contribution in [0.5, 0.6) is 0 Å². The van der Waals surface area contributed by atoms with Crippen LogP contribution in [0.1, 0.15) is 62.5 Å². The van der Waals surface area contributed by atoms with Crippen molar-refractivity contribution in [3.05, 3.63) is 29.7 Å². The van der Waals surface area contributed by atoms with Crippen LogP contribution in [-0.2, 0) is 0 Å². The molecule has 21 heavy (non-hydrogen) atoms. The van der Waals surface area contributed by atoms with Crippen molar-refractivity contribution in [3.63, 3.8) is 0 Å². The number of H-pyrrole nitrogens is 1. The zero-order valence-electron chi connectivity index (χ0n) is 12.9. The van der Waals surface area contributed by atoms with E-state index >= 15 is 0 Å². The average Bonchev–Trinajstić information content (AvgIpc) is 2.97.